The van der Waals surface area contributed by atoms with Gasteiger partial charge < -0.3 is 14.9 Å². The zero-order valence-corrected chi connectivity index (χ0v) is 13.1. The minimum absolute atomic E-state index is 0.0432. The van der Waals surface area contributed by atoms with Crippen LogP contribution in [0.1, 0.15) is 35.8 Å². The molecular weight excluding hydrogens is 304 g/mol. The molecule has 1 aromatic carbocycles. The third-order valence-corrected chi connectivity index (χ3v) is 4.70. The molecule has 1 saturated carbocycles. The van der Waals surface area contributed by atoms with Crippen LogP contribution in [-0.2, 0) is 0 Å². The lowest BCUT2D eigenvalue weighted by atomic mass is 10.1. The maximum Gasteiger partial charge on any atom is 0.268 e. The number of fused-ring (bicyclic) bond motifs is 1. The van der Waals surface area contributed by atoms with Crippen molar-refractivity contribution in [1.82, 2.24) is 19.9 Å². The highest BCUT2D eigenvalue weighted by atomic mass is 16.2. The Kier molecular flexibility index (Phi) is 3.65. The normalized spacial score (nSPS) is 20.3. The van der Waals surface area contributed by atoms with Crippen molar-refractivity contribution in [3.63, 3.8) is 0 Å². The lowest BCUT2D eigenvalue weighted by Gasteiger charge is -2.22. The van der Waals surface area contributed by atoms with Crippen molar-refractivity contribution >= 4 is 16.7 Å². The topological polar surface area (TPSA) is 79.8 Å². The molecule has 2 N–H and O–H groups in total. The van der Waals surface area contributed by atoms with Crippen molar-refractivity contribution in [2.75, 3.05) is 0 Å². The molecule has 24 heavy (non-hydrogen) atoms. The summed E-state index contributed by atoms with van der Waals surface area (Å²) >= 11 is 0. The summed E-state index contributed by atoms with van der Waals surface area (Å²) in [6.07, 6.45) is 8.45. The van der Waals surface area contributed by atoms with E-state index in [9.17, 15) is 9.59 Å². The average Bonchev–Trinajstić information content (AvgIpc) is 3.25. The van der Waals surface area contributed by atoms with E-state index in [1.54, 1.807) is 24.7 Å². The zero-order valence-electron chi connectivity index (χ0n) is 13.1. The van der Waals surface area contributed by atoms with Gasteiger partial charge in [-0.2, -0.15) is 0 Å². The third kappa shape index (κ3) is 2.60. The molecular formula is C18H18N4O2. The van der Waals surface area contributed by atoms with Gasteiger partial charge in [-0.15, -0.1) is 0 Å². The molecule has 2 atom stereocenters. The van der Waals surface area contributed by atoms with Crippen LogP contribution >= 0.6 is 0 Å². The number of aromatic nitrogens is 3. The molecule has 1 aliphatic rings. The Labute approximate surface area is 138 Å². The number of hydrogen-bond donors (Lipinski definition) is 2. The van der Waals surface area contributed by atoms with Crippen molar-refractivity contribution in [3.05, 3.63) is 65.1 Å². The number of benzene rings is 1. The van der Waals surface area contributed by atoms with Gasteiger partial charge in [0.2, 0.25) is 0 Å². The number of imidazole rings is 1. The molecule has 3 aromatic rings. The predicted octanol–water partition coefficient (Wildman–Crippen LogP) is 2.25. The van der Waals surface area contributed by atoms with Crippen LogP contribution in [0.25, 0.3) is 10.8 Å². The fourth-order valence-electron chi connectivity index (χ4n) is 3.51. The molecule has 6 heteroatoms. The van der Waals surface area contributed by atoms with Gasteiger partial charge in [0.05, 0.1) is 12.4 Å². The molecule has 2 aromatic heterocycles. The smallest absolute Gasteiger partial charge is 0.268 e. The second-order valence-electron chi connectivity index (χ2n) is 6.19. The third-order valence-electron chi connectivity index (χ3n) is 4.70. The second kappa shape index (κ2) is 5.96. The number of aromatic amines is 1. The summed E-state index contributed by atoms with van der Waals surface area (Å²) in [5.74, 6) is -0.241. The SMILES string of the molecule is O=C(N[C@H]1CCC[C@H]1n1ccnc1)c1cc2ccccc2c(=O)[nH]1. The largest absolute Gasteiger partial charge is 0.346 e. The van der Waals surface area contributed by atoms with E-state index in [2.05, 4.69) is 15.3 Å². The number of H-pyrrole nitrogens is 1. The molecule has 0 saturated heterocycles. The fraction of sp³-hybridized carbons (Fsp3) is 0.278. The molecule has 122 valence electrons. The van der Waals surface area contributed by atoms with Crippen LogP contribution in [-0.4, -0.2) is 26.5 Å². The first kappa shape index (κ1) is 14.7. The molecule has 0 bridgehead atoms. The monoisotopic (exact) mass is 322 g/mol. The highest BCUT2D eigenvalue weighted by Gasteiger charge is 2.30. The van der Waals surface area contributed by atoms with E-state index >= 15 is 0 Å². The van der Waals surface area contributed by atoms with Gasteiger partial charge in [-0.25, -0.2) is 4.98 Å². The number of nitrogens with zero attached hydrogens (tertiary/aromatic N) is 2. The Morgan fingerprint density at radius 2 is 2.17 bits per heavy atom. The second-order valence-corrected chi connectivity index (χ2v) is 6.19. The summed E-state index contributed by atoms with van der Waals surface area (Å²) in [6, 6.07) is 9.24. The molecule has 0 aliphatic heterocycles. The van der Waals surface area contributed by atoms with Crippen molar-refractivity contribution < 1.29 is 4.79 Å². The van der Waals surface area contributed by atoms with E-state index in [4.69, 9.17) is 0 Å². The van der Waals surface area contributed by atoms with E-state index in [0.29, 0.717) is 11.1 Å². The van der Waals surface area contributed by atoms with Crippen LogP contribution in [0.3, 0.4) is 0 Å². The quantitative estimate of drug-likeness (QED) is 0.776. The van der Waals surface area contributed by atoms with Gasteiger partial charge in [0, 0.05) is 23.8 Å². The molecule has 1 fully saturated rings. The molecule has 1 amide bonds. The van der Waals surface area contributed by atoms with Crippen LogP contribution in [0.2, 0.25) is 0 Å². The summed E-state index contributed by atoms with van der Waals surface area (Å²) < 4.78 is 2.04. The fourth-order valence-corrected chi connectivity index (χ4v) is 3.51. The van der Waals surface area contributed by atoms with Crippen molar-refractivity contribution in [3.8, 4) is 0 Å². The van der Waals surface area contributed by atoms with Crippen LogP contribution in [0.4, 0.5) is 0 Å². The van der Waals surface area contributed by atoms with Crippen LogP contribution in [0.5, 0.6) is 0 Å². The molecule has 1 aliphatic carbocycles. The standard InChI is InChI=1S/C18H18N4O2/c23-17-13-5-2-1-4-12(13)10-15(21-17)18(24)20-14-6-3-7-16(14)22-9-8-19-11-22/h1-2,4-5,8-11,14,16H,3,6-7H2,(H,20,24)(H,21,23)/t14-,16+/m0/s1. The summed E-state index contributed by atoms with van der Waals surface area (Å²) in [7, 11) is 0. The summed E-state index contributed by atoms with van der Waals surface area (Å²) in [4.78, 5) is 31.5. The number of rotatable bonds is 3. The molecule has 0 spiro atoms. The van der Waals surface area contributed by atoms with E-state index in [-0.39, 0.29) is 23.6 Å². The Balaban J connectivity index is 1.59. The van der Waals surface area contributed by atoms with Gasteiger partial charge in [0.25, 0.3) is 11.5 Å². The van der Waals surface area contributed by atoms with E-state index in [1.165, 1.54) is 0 Å². The first-order valence-corrected chi connectivity index (χ1v) is 8.13. The lowest BCUT2D eigenvalue weighted by Crippen LogP contribution is -2.39. The van der Waals surface area contributed by atoms with Crippen LogP contribution < -0.4 is 10.9 Å². The van der Waals surface area contributed by atoms with Crippen molar-refractivity contribution in [2.45, 2.75) is 31.3 Å². The number of carbonyl (C=O) groups is 1. The maximum absolute atomic E-state index is 12.6. The van der Waals surface area contributed by atoms with E-state index in [0.717, 1.165) is 24.6 Å². The first-order chi connectivity index (χ1) is 11.7. The van der Waals surface area contributed by atoms with Gasteiger partial charge in [-0.1, -0.05) is 18.2 Å². The minimum Gasteiger partial charge on any atom is -0.346 e. The predicted molar refractivity (Wildman–Crippen MR) is 90.9 cm³/mol. The maximum atomic E-state index is 12.6. The highest BCUT2D eigenvalue weighted by molar-refractivity contribution is 5.96. The Morgan fingerprint density at radius 3 is 3.00 bits per heavy atom. The molecule has 6 nitrogen and oxygen atoms in total. The number of nitrogens with one attached hydrogen (secondary N) is 2. The zero-order chi connectivity index (χ0) is 16.5. The summed E-state index contributed by atoms with van der Waals surface area (Å²) in [5, 5.41) is 4.42. The molecule has 0 unspecified atom stereocenters. The number of carbonyl (C=O) groups excluding carboxylic acids is 1. The number of pyridine rings is 1. The Morgan fingerprint density at radius 1 is 1.29 bits per heavy atom. The van der Waals surface area contributed by atoms with Gasteiger partial charge in [-0.05, 0) is 36.8 Å². The number of amides is 1. The van der Waals surface area contributed by atoms with Gasteiger partial charge in [-0.3, -0.25) is 9.59 Å². The minimum atomic E-state index is -0.241. The summed E-state index contributed by atoms with van der Waals surface area (Å²) in [6.45, 7) is 0. The average molecular weight is 322 g/mol. The van der Waals surface area contributed by atoms with Gasteiger partial charge in [0.1, 0.15) is 5.69 Å². The van der Waals surface area contributed by atoms with E-state index < -0.39 is 0 Å². The molecule has 4 rings (SSSR count). The van der Waals surface area contributed by atoms with Crippen LogP contribution in [0, 0.1) is 0 Å². The van der Waals surface area contributed by atoms with Gasteiger partial charge >= 0.3 is 0 Å². The van der Waals surface area contributed by atoms with Gasteiger partial charge in [0.15, 0.2) is 0 Å². The highest BCUT2D eigenvalue weighted by Crippen LogP contribution is 2.30. The van der Waals surface area contributed by atoms with E-state index in [1.807, 2.05) is 29.0 Å². The Bertz CT molecular complexity index is 930. The number of hydrogen-bond acceptors (Lipinski definition) is 3. The lowest BCUT2D eigenvalue weighted by molar-refractivity contribution is 0.0923. The first-order valence-electron chi connectivity index (χ1n) is 8.13. The van der Waals surface area contributed by atoms with Crippen molar-refractivity contribution in [2.24, 2.45) is 0 Å². The molecule has 2 heterocycles. The molecule has 0 radical (unpaired) electrons. The van der Waals surface area contributed by atoms with Crippen LogP contribution in [0.15, 0.2) is 53.8 Å². The van der Waals surface area contributed by atoms with Crippen molar-refractivity contribution in [1.29, 1.82) is 0 Å². The summed E-state index contributed by atoms with van der Waals surface area (Å²) in [5.41, 5.74) is 0.0609. The Hall–Kier alpha value is -2.89.